The average Bonchev–Trinajstić information content (AvgIpc) is 3.39. The van der Waals surface area contributed by atoms with E-state index in [0.29, 0.717) is 52.8 Å². The minimum absolute atomic E-state index is 0.0554. The lowest BCUT2D eigenvalue weighted by Crippen LogP contribution is -2.54. The Morgan fingerprint density at radius 1 is 1.23 bits per heavy atom. The molecule has 2 bridgehead atoms. The average molecular weight is 545 g/mol. The minimum Gasteiger partial charge on any atom is -0.434 e. The van der Waals surface area contributed by atoms with Crippen molar-refractivity contribution in [2.75, 3.05) is 0 Å². The summed E-state index contributed by atoms with van der Waals surface area (Å²) >= 11 is 0. The highest BCUT2D eigenvalue weighted by Gasteiger charge is 2.53. The predicted molar refractivity (Wildman–Crippen MR) is 138 cm³/mol. The molecule has 2 aromatic heterocycles. The lowest BCUT2D eigenvalue weighted by molar-refractivity contribution is -0.0507. The van der Waals surface area contributed by atoms with Crippen LogP contribution in [0.15, 0.2) is 48.7 Å². The van der Waals surface area contributed by atoms with E-state index in [0.717, 1.165) is 0 Å². The second kappa shape index (κ2) is 8.29. The van der Waals surface area contributed by atoms with Crippen LogP contribution < -0.4 is 15.8 Å². The molecular weight excluding hydrogens is 521 g/mol. The third kappa shape index (κ3) is 3.52. The summed E-state index contributed by atoms with van der Waals surface area (Å²) < 4.78 is 48.6. The fourth-order valence-corrected chi connectivity index (χ4v) is 6.74. The van der Waals surface area contributed by atoms with Gasteiger partial charge in [-0.1, -0.05) is 12.1 Å². The number of hydrogen-bond acceptors (Lipinski definition) is 6. The van der Waals surface area contributed by atoms with Gasteiger partial charge in [-0.3, -0.25) is 9.78 Å². The number of ether oxygens (including phenoxy) is 1. The van der Waals surface area contributed by atoms with Crippen molar-refractivity contribution in [2.45, 2.75) is 50.4 Å². The van der Waals surface area contributed by atoms with E-state index in [2.05, 4.69) is 16.4 Å². The number of benzene rings is 2. The number of nitrogens with two attached hydrogens (primary N) is 1. The van der Waals surface area contributed by atoms with Crippen molar-refractivity contribution in [1.82, 2.24) is 19.9 Å². The fourth-order valence-electron chi connectivity index (χ4n) is 6.74. The monoisotopic (exact) mass is 544 g/mol. The van der Waals surface area contributed by atoms with Gasteiger partial charge in [-0.05, 0) is 62.1 Å². The van der Waals surface area contributed by atoms with Crippen LogP contribution >= 0.6 is 0 Å². The number of nitriles is 1. The first kappa shape index (κ1) is 24.6. The molecule has 8 nitrogen and oxygen atoms in total. The summed E-state index contributed by atoms with van der Waals surface area (Å²) in [6.07, 6.45) is 2.64. The molecule has 202 valence electrons. The number of nitrogens with one attached hydrogen (secondary N) is 1. The van der Waals surface area contributed by atoms with Crippen molar-refractivity contribution in [3.8, 4) is 22.9 Å². The molecule has 40 heavy (non-hydrogen) atoms. The molecular formula is C29H23F3N6O2. The summed E-state index contributed by atoms with van der Waals surface area (Å²) in [5, 5.41) is 12.3. The Hall–Kier alpha value is -4.43. The number of pyridine rings is 1. The zero-order valence-corrected chi connectivity index (χ0v) is 21.3. The second-order valence-electron chi connectivity index (χ2n) is 11.2. The van der Waals surface area contributed by atoms with Crippen molar-refractivity contribution in [2.24, 2.45) is 11.1 Å². The van der Waals surface area contributed by atoms with E-state index < -0.39 is 35.5 Å². The topological polar surface area (TPSA) is 119 Å². The number of hydrogen-bond donors (Lipinski definition) is 2. The van der Waals surface area contributed by atoms with E-state index in [-0.39, 0.29) is 22.9 Å². The number of imidazole rings is 1. The lowest BCUT2D eigenvalue weighted by atomic mass is 9.58. The number of aromatic nitrogens is 3. The van der Waals surface area contributed by atoms with Gasteiger partial charge in [0.25, 0.3) is 5.91 Å². The van der Waals surface area contributed by atoms with E-state index in [1.54, 1.807) is 31.3 Å². The molecule has 4 heterocycles. The normalized spacial score (nSPS) is 26.5. The third-order valence-electron chi connectivity index (χ3n) is 8.29. The van der Waals surface area contributed by atoms with Crippen LogP contribution in [0.3, 0.4) is 0 Å². The molecule has 4 aromatic rings. The molecule has 1 aliphatic carbocycles. The number of amides is 1. The number of carbonyl (C=O) groups excluding carboxylic acids is 1. The molecule has 3 aliphatic rings. The molecule has 7 rings (SSSR count). The van der Waals surface area contributed by atoms with Gasteiger partial charge in [0.2, 0.25) is 0 Å². The van der Waals surface area contributed by atoms with Crippen LogP contribution in [0.1, 0.15) is 65.7 Å². The van der Waals surface area contributed by atoms with Gasteiger partial charge < -0.3 is 20.4 Å². The van der Waals surface area contributed by atoms with Crippen LogP contribution in [0.2, 0.25) is 0 Å². The molecule has 2 atom stereocenters. The molecule has 1 fully saturated rings. The van der Waals surface area contributed by atoms with Crippen molar-refractivity contribution in [3.05, 3.63) is 77.1 Å². The standard InChI is InChI=1S/C29H23F3N6O2/c1-28(13-33)11-29(34,12-28)24-17(30)7-15(10-35-24)14-5-6-18-20(8-14)38-21-9-19(25(38)36-18)37-26(39)16-3-2-4-22(23(16)21)40-27(31)32/h2-8,10,19,21,27H,9,11-12,34H2,1H3,(H,37,39)/t19-,21-,28?,29?/m1/s1. The zero-order chi connectivity index (χ0) is 28.0. The molecule has 1 saturated carbocycles. The predicted octanol–water partition coefficient (Wildman–Crippen LogP) is 5.09. The summed E-state index contributed by atoms with van der Waals surface area (Å²) in [5.41, 5.74) is 8.15. The maximum atomic E-state index is 15.3. The van der Waals surface area contributed by atoms with Crippen LogP contribution in [0.5, 0.6) is 5.75 Å². The van der Waals surface area contributed by atoms with Gasteiger partial charge in [0.15, 0.2) is 0 Å². The third-order valence-corrected chi connectivity index (χ3v) is 8.29. The summed E-state index contributed by atoms with van der Waals surface area (Å²) in [4.78, 5) is 22.1. The van der Waals surface area contributed by atoms with Crippen LogP contribution in [0.4, 0.5) is 13.2 Å². The maximum Gasteiger partial charge on any atom is 0.387 e. The molecule has 0 saturated heterocycles. The van der Waals surface area contributed by atoms with Gasteiger partial charge in [-0.25, -0.2) is 9.37 Å². The molecule has 1 amide bonds. The van der Waals surface area contributed by atoms with Crippen molar-refractivity contribution < 1.29 is 22.7 Å². The zero-order valence-electron chi connectivity index (χ0n) is 21.3. The highest BCUT2D eigenvalue weighted by Crippen LogP contribution is 2.52. The van der Waals surface area contributed by atoms with Gasteiger partial charge in [0.05, 0.1) is 45.8 Å². The van der Waals surface area contributed by atoms with E-state index in [9.17, 15) is 18.8 Å². The Morgan fingerprint density at radius 2 is 2.02 bits per heavy atom. The van der Waals surface area contributed by atoms with E-state index in [4.69, 9.17) is 15.5 Å². The summed E-state index contributed by atoms with van der Waals surface area (Å²) in [6.45, 7) is -1.25. The van der Waals surface area contributed by atoms with E-state index >= 15 is 4.39 Å². The smallest absolute Gasteiger partial charge is 0.387 e. The van der Waals surface area contributed by atoms with Gasteiger partial charge in [-0.2, -0.15) is 14.0 Å². The Kier molecular flexibility index (Phi) is 5.10. The Bertz CT molecular complexity index is 1770. The first-order valence-corrected chi connectivity index (χ1v) is 12.9. The van der Waals surface area contributed by atoms with E-state index in [1.165, 1.54) is 18.2 Å². The molecule has 2 aromatic carbocycles. The van der Waals surface area contributed by atoms with Gasteiger partial charge >= 0.3 is 6.61 Å². The number of nitrogens with zero attached hydrogens (tertiary/aromatic N) is 4. The highest BCUT2D eigenvalue weighted by atomic mass is 19.3. The number of carbonyl (C=O) groups is 1. The number of rotatable bonds is 4. The highest BCUT2D eigenvalue weighted by molar-refractivity contribution is 5.98. The number of alkyl halides is 2. The maximum absolute atomic E-state index is 15.3. The molecule has 0 spiro atoms. The molecule has 2 aliphatic heterocycles. The van der Waals surface area contributed by atoms with Crippen LogP contribution in [0, 0.1) is 22.6 Å². The second-order valence-corrected chi connectivity index (χ2v) is 11.2. The summed E-state index contributed by atoms with van der Waals surface area (Å²) in [7, 11) is 0. The lowest BCUT2D eigenvalue weighted by Gasteiger charge is -2.48. The Labute approximate surface area is 226 Å². The van der Waals surface area contributed by atoms with Crippen LogP contribution in [-0.2, 0) is 5.54 Å². The van der Waals surface area contributed by atoms with Crippen molar-refractivity contribution in [3.63, 3.8) is 0 Å². The van der Waals surface area contributed by atoms with Crippen LogP contribution in [-0.4, -0.2) is 27.1 Å². The minimum atomic E-state index is -3.05. The van der Waals surface area contributed by atoms with Crippen molar-refractivity contribution >= 4 is 16.9 Å². The van der Waals surface area contributed by atoms with E-state index in [1.807, 2.05) is 10.6 Å². The SMILES string of the molecule is CC1(C#N)CC(N)(c2ncc(-c3ccc4nc5n(c4c3)[C@@H]3C[C@H]5NC(=O)c4cccc(OC(F)F)c43)cc2F)C1. The van der Waals surface area contributed by atoms with Gasteiger partial charge in [0, 0.05) is 22.9 Å². The number of halogens is 3. The molecule has 3 N–H and O–H groups in total. The van der Waals surface area contributed by atoms with Gasteiger partial charge in [0.1, 0.15) is 17.4 Å². The first-order valence-electron chi connectivity index (χ1n) is 12.9. The van der Waals surface area contributed by atoms with Gasteiger partial charge in [-0.15, -0.1) is 0 Å². The fraction of sp³-hybridized carbons (Fsp3) is 0.310. The van der Waals surface area contributed by atoms with Crippen molar-refractivity contribution in [1.29, 1.82) is 5.26 Å². The quantitative estimate of drug-likeness (QED) is 0.369. The Morgan fingerprint density at radius 3 is 2.75 bits per heavy atom. The molecule has 0 radical (unpaired) electrons. The summed E-state index contributed by atoms with van der Waals surface area (Å²) in [5.74, 6) is -0.364. The number of fused-ring (bicyclic) bond motifs is 9. The summed E-state index contributed by atoms with van der Waals surface area (Å²) in [6, 6.07) is 12.7. The largest absolute Gasteiger partial charge is 0.434 e. The molecule has 0 unspecified atom stereocenters. The molecule has 11 heteroatoms. The Balaban J connectivity index is 1.31. The first-order chi connectivity index (χ1) is 19.1. The van der Waals surface area contributed by atoms with Crippen LogP contribution in [0.25, 0.3) is 22.2 Å².